The van der Waals surface area contributed by atoms with Gasteiger partial charge in [-0.05, 0) is 0 Å². The Labute approximate surface area is 192 Å². The second-order valence-corrected chi connectivity index (χ2v) is 8.51. The van der Waals surface area contributed by atoms with Crippen molar-refractivity contribution >= 4 is 0 Å². The number of aliphatic hydroxyl groups excluding tert-OH is 10. The number of aliphatic hydroxyl groups is 11. The van der Waals surface area contributed by atoms with E-state index in [1.807, 2.05) is 0 Å². The molecule has 0 aliphatic carbocycles. The predicted octanol–water partition coefficient (Wildman–Crippen LogP) is -7.57. The minimum Gasteiger partial charge on any atom is -0.394 e. The maximum atomic E-state index is 10.5. The lowest BCUT2D eigenvalue weighted by Crippen LogP contribution is -2.62. The van der Waals surface area contributed by atoms with Crippen molar-refractivity contribution in [3.05, 3.63) is 0 Å². The molecule has 200 valence electrons. The van der Waals surface area contributed by atoms with Crippen LogP contribution in [-0.2, 0) is 23.7 Å². The fourth-order valence-electron chi connectivity index (χ4n) is 4.08. The summed E-state index contributed by atoms with van der Waals surface area (Å²) in [6.45, 7) is -3.83. The van der Waals surface area contributed by atoms with Gasteiger partial charge in [0.05, 0.1) is 19.8 Å². The molecule has 3 fully saturated rings. The van der Waals surface area contributed by atoms with Crippen molar-refractivity contribution in [1.82, 2.24) is 0 Å². The van der Waals surface area contributed by atoms with Crippen LogP contribution in [0.3, 0.4) is 0 Å². The minimum atomic E-state index is -2.39. The molecule has 3 heterocycles. The maximum absolute atomic E-state index is 10.5. The first-order valence-electron chi connectivity index (χ1n) is 10.5. The van der Waals surface area contributed by atoms with Crippen LogP contribution in [0.1, 0.15) is 0 Å². The maximum Gasteiger partial charge on any atom is 0.224 e. The van der Waals surface area contributed by atoms with Gasteiger partial charge < -0.3 is 79.9 Å². The van der Waals surface area contributed by atoms with E-state index in [1.54, 1.807) is 0 Å². The van der Waals surface area contributed by atoms with Crippen molar-refractivity contribution in [3.8, 4) is 0 Å². The Kier molecular flexibility index (Phi) is 8.85. The smallest absolute Gasteiger partial charge is 0.224 e. The Balaban J connectivity index is 1.63. The number of hydrogen-bond acceptors (Lipinski definition) is 16. The molecular weight excluding hydrogens is 472 g/mol. The van der Waals surface area contributed by atoms with E-state index in [9.17, 15) is 51.1 Å². The van der Waals surface area contributed by atoms with Crippen LogP contribution in [0.2, 0.25) is 0 Å². The molecular formula is C18H32O16. The van der Waals surface area contributed by atoms with Gasteiger partial charge in [0.15, 0.2) is 6.29 Å². The lowest BCUT2D eigenvalue weighted by molar-refractivity contribution is -0.384. The van der Waals surface area contributed by atoms with Crippen molar-refractivity contribution in [2.75, 3.05) is 33.0 Å². The highest BCUT2D eigenvalue weighted by Gasteiger charge is 2.59. The van der Waals surface area contributed by atoms with E-state index in [4.69, 9.17) is 28.8 Å². The summed E-state index contributed by atoms with van der Waals surface area (Å²) in [4.78, 5) is 0. The summed E-state index contributed by atoms with van der Waals surface area (Å²) in [6, 6.07) is 0. The Morgan fingerprint density at radius 1 is 0.676 bits per heavy atom. The van der Waals surface area contributed by atoms with Gasteiger partial charge in [0.1, 0.15) is 74.3 Å². The molecule has 0 spiro atoms. The van der Waals surface area contributed by atoms with Crippen molar-refractivity contribution in [3.63, 3.8) is 0 Å². The first-order valence-corrected chi connectivity index (χ1v) is 10.5. The molecule has 3 aliphatic heterocycles. The lowest BCUT2D eigenvalue weighted by atomic mass is 9.99. The van der Waals surface area contributed by atoms with E-state index in [0.717, 1.165) is 0 Å². The van der Waals surface area contributed by atoms with Gasteiger partial charge in [-0.2, -0.15) is 0 Å². The number of ether oxygens (including phenoxy) is 5. The predicted molar refractivity (Wildman–Crippen MR) is 101 cm³/mol. The first-order chi connectivity index (χ1) is 15.9. The summed E-state index contributed by atoms with van der Waals surface area (Å²) >= 11 is 0. The molecule has 3 saturated heterocycles. The molecule has 16 nitrogen and oxygen atoms in total. The third-order valence-corrected chi connectivity index (χ3v) is 6.18. The lowest BCUT2D eigenvalue weighted by Gasteiger charge is -2.43. The van der Waals surface area contributed by atoms with Crippen LogP contribution < -0.4 is 0 Å². The van der Waals surface area contributed by atoms with Crippen LogP contribution in [0.25, 0.3) is 0 Å². The zero-order valence-corrected chi connectivity index (χ0v) is 17.8. The van der Waals surface area contributed by atoms with Crippen molar-refractivity contribution in [1.29, 1.82) is 0 Å². The summed E-state index contributed by atoms with van der Waals surface area (Å²) in [6.07, 6.45) is -18.3. The Morgan fingerprint density at radius 3 is 1.85 bits per heavy atom. The van der Waals surface area contributed by atoms with E-state index in [2.05, 4.69) is 0 Å². The Morgan fingerprint density at radius 2 is 1.29 bits per heavy atom. The van der Waals surface area contributed by atoms with Crippen molar-refractivity contribution in [2.45, 2.75) is 78.9 Å². The van der Waals surface area contributed by atoms with E-state index >= 15 is 0 Å². The molecule has 13 atom stereocenters. The Bertz CT molecular complexity index is 668. The molecule has 0 aromatic carbocycles. The van der Waals surface area contributed by atoms with E-state index < -0.39 is 112 Å². The zero-order valence-electron chi connectivity index (χ0n) is 17.8. The van der Waals surface area contributed by atoms with Crippen molar-refractivity contribution in [2.24, 2.45) is 0 Å². The molecule has 3 rings (SSSR count). The second kappa shape index (κ2) is 10.8. The third-order valence-electron chi connectivity index (χ3n) is 6.18. The highest BCUT2D eigenvalue weighted by molar-refractivity contribution is 4.99. The van der Waals surface area contributed by atoms with Gasteiger partial charge in [-0.25, -0.2) is 0 Å². The van der Waals surface area contributed by atoms with Gasteiger partial charge in [-0.1, -0.05) is 0 Å². The summed E-state index contributed by atoms with van der Waals surface area (Å²) in [5, 5.41) is 109. The van der Waals surface area contributed by atoms with E-state index in [0.29, 0.717) is 0 Å². The van der Waals surface area contributed by atoms with Crippen LogP contribution in [0.5, 0.6) is 0 Å². The minimum absolute atomic E-state index is 0.559. The summed E-state index contributed by atoms with van der Waals surface area (Å²) < 4.78 is 26.2. The summed E-state index contributed by atoms with van der Waals surface area (Å²) in [7, 11) is 0. The van der Waals surface area contributed by atoms with Crippen molar-refractivity contribution < 1.29 is 79.9 Å². The molecule has 16 heteroatoms. The zero-order chi connectivity index (χ0) is 25.4. The van der Waals surface area contributed by atoms with Gasteiger partial charge in [0.25, 0.3) is 0 Å². The second-order valence-electron chi connectivity index (χ2n) is 8.51. The fraction of sp³-hybridized carbons (Fsp3) is 1.00. The van der Waals surface area contributed by atoms with E-state index in [-0.39, 0.29) is 0 Å². The molecule has 0 amide bonds. The number of hydrogen-bond donors (Lipinski definition) is 11. The van der Waals surface area contributed by atoms with Gasteiger partial charge in [-0.3, -0.25) is 0 Å². The van der Waals surface area contributed by atoms with Gasteiger partial charge >= 0.3 is 0 Å². The van der Waals surface area contributed by atoms with Crippen LogP contribution in [0, 0.1) is 0 Å². The first kappa shape index (κ1) is 27.9. The molecule has 0 aromatic rings. The molecule has 34 heavy (non-hydrogen) atoms. The molecule has 11 N–H and O–H groups in total. The monoisotopic (exact) mass is 504 g/mol. The summed E-state index contributed by atoms with van der Waals surface area (Å²) in [5.41, 5.74) is 0. The normalized spacial score (nSPS) is 51.8. The number of rotatable bonds is 9. The quantitative estimate of drug-likeness (QED) is 0.139. The average molecular weight is 504 g/mol. The highest BCUT2D eigenvalue weighted by Crippen LogP contribution is 2.36. The standard InChI is InChI=1S/C18H32O16/c19-1-6-9(22)12(25)13(26)16(31-6)34-18(4-21)15(28)11(24)8(33-18)3-30-5-17(29)14(27)10(23)7(2-20)32-17/h6-16,19-29H,1-5H2/t6-,7-,8-,9-,10-,11-,12+,13-,14+,15+,16-,17-,18+/m1/s1. The molecule has 0 bridgehead atoms. The van der Waals surface area contributed by atoms with Gasteiger partial charge in [0, 0.05) is 0 Å². The molecule has 3 aliphatic rings. The van der Waals surface area contributed by atoms with Gasteiger partial charge in [0.2, 0.25) is 11.6 Å². The third kappa shape index (κ3) is 4.96. The van der Waals surface area contributed by atoms with Gasteiger partial charge in [-0.15, -0.1) is 0 Å². The summed E-state index contributed by atoms with van der Waals surface area (Å²) in [5.74, 6) is -4.78. The molecule has 0 aromatic heterocycles. The molecule has 0 unspecified atom stereocenters. The highest BCUT2D eigenvalue weighted by atomic mass is 16.8. The average Bonchev–Trinajstić information content (AvgIpc) is 3.19. The fourth-order valence-corrected chi connectivity index (χ4v) is 4.08. The molecule has 0 saturated carbocycles. The SMILES string of the molecule is OC[C@H]1O[C@](O)(COC[C@H]2O[C@@](CO)(O[C@H]3O[C@H](CO)[C@@H](O)[C@H](O)[C@H]3O)[C@@H](O)[C@@H]2O)[C@@H](O)[C@@H]1O. The van der Waals surface area contributed by atoms with E-state index in [1.165, 1.54) is 0 Å². The van der Waals surface area contributed by atoms with Crippen LogP contribution in [-0.4, -0.2) is 168 Å². The molecule has 0 radical (unpaired) electrons. The van der Waals surface area contributed by atoms with Crippen LogP contribution in [0.15, 0.2) is 0 Å². The van der Waals surface area contributed by atoms with Crippen LogP contribution in [0.4, 0.5) is 0 Å². The Hall–Kier alpha value is -0.640. The topological polar surface area (TPSA) is 269 Å². The largest absolute Gasteiger partial charge is 0.394 e. The van der Waals surface area contributed by atoms with Crippen LogP contribution >= 0.6 is 0 Å².